The van der Waals surface area contributed by atoms with E-state index in [0.29, 0.717) is 6.42 Å². The molecule has 4 atom stereocenters. The van der Waals surface area contributed by atoms with Crippen LogP contribution in [0, 0.1) is 5.41 Å². The fourth-order valence-corrected chi connectivity index (χ4v) is 3.88. The number of carbonyl (C=O) groups excluding carboxylic acids is 4. The highest BCUT2D eigenvalue weighted by Gasteiger charge is 2.53. The first-order valence-electron chi connectivity index (χ1n) is 12.4. The second-order valence-corrected chi connectivity index (χ2v) is 11.4. The Morgan fingerprint density at radius 1 is 1.16 bits per heavy atom. The van der Waals surface area contributed by atoms with Crippen LogP contribution >= 0.6 is 0 Å². The third-order valence-electron chi connectivity index (χ3n) is 5.63. The molecule has 2 unspecified atom stereocenters. The summed E-state index contributed by atoms with van der Waals surface area (Å²) in [7, 11) is 0. The number of aliphatic hydroxyl groups excluding tert-OH is 1. The van der Waals surface area contributed by atoms with Crippen LogP contribution in [0.25, 0.3) is 0 Å². The van der Waals surface area contributed by atoms with Gasteiger partial charge in [-0.2, -0.15) is 0 Å². The number of alkyl carbamates (subject to hydrolysis) is 1. The molecule has 212 valence electrons. The van der Waals surface area contributed by atoms with Crippen molar-refractivity contribution in [2.24, 2.45) is 5.41 Å². The van der Waals surface area contributed by atoms with Crippen molar-refractivity contribution in [2.75, 3.05) is 13.1 Å². The van der Waals surface area contributed by atoms with Gasteiger partial charge in [0.1, 0.15) is 17.7 Å². The molecule has 1 heterocycles. The van der Waals surface area contributed by atoms with Gasteiger partial charge < -0.3 is 30.7 Å². The second-order valence-electron chi connectivity index (χ2n) is 11.4. The van der Waals surface area contributed by atoms with Crippen LogP contribution in [0.5, 0.6) is 0 Å². The summed E-state index contributed by atoms with van der Waals surface area (Å²) in [6.45, 7) is 14.2. The summed E-state index contributed by atoms with van der Waals surface area (Å²) in [6, 6.07) is -3.91. The summed E-state index contributed by atoms with van der Waals surface area (Å²) in [4.78, 5) is 52.0. The lowest BCUT2D eigenvalue weighted by Gasteiger charge is -2.36. The van der Waals surface area contributed by atoms with Crippen LogP contribution < -0.4 is 16.0 Å². The van der Waals surface area contributed by atoms with E-state index in [1.165, 1.54) is 6.08 Å². The van der Waals surface area contributed by atoms with Crippen molar-refractivity contribution in [2.45, 2.75) is 103 Å². The Morgan fingerprint density at radius 3 is 2.24 bits per heavy atom. The molecule has 1 saturated heterocycles. The molecule has 10 nitrogen and oxygen atoms in total. The number of ether oxygens (including phenoxy) is 1. The first kappa shape index (κ1) is 32.3. The SMILES string of the molecule is C=CCNC(=O)C(O)C(CCC)NC(=O)[C@@H]1CC(F)(F)CN1C(=O)[C@@H](NC(=O)OC(C)(C)C)C(C)(C)C. The Bertz CT molecular complexity index is 853. The van der Waals surface area contributed by atoms with E-state index in [1.54, 1.807) is 48.5 Å². The van der Waals surface area contributed by atoms with Gasteiger partial charge in [0.15, 0.2) is 6.10 Å². The standard InChI is InChI=1S/C25H42F2N4O6/c1-9-11-15(17(32)20(34)28-12-10-2)29-19(33)16-13-25(26,27)14-31(16)21(35)18(23(3,4)5)30-22(36)37-24(6,7)8/h10,15-18,32H,2,9,11-14H2,1,3-8H3,(H,28,34)(H,29,33)(H,30,36)/t15?,16-,17?,18+/m0/s1. The van der Waals surface area contributed by atoms with Crippen LogP contribution in [0.2, 0.25) is 0 Å². The smallest absolute Gasteiger partial charge is 0.408 e. The number of carbonyl (C=O) groups is 4. The predicted molar refractivity (Wildman–Crippen MR) is 134 cm³/mol. The molecule has 12 heteroatoms. The Hall–Kier alpha value is -2.76. The summed E-state index contributed by atoms with van der Waals surface area (Å²) in [5.41, 5.74) is -1.76. The first-order valence-corrected chi connectivity index (χ1v) is 12.4. The van der Waals surface area contributed by atoms with Crippen molar-refractivity contribution in [1.29, 1.82) is 0 Å². The third-order valence-corrected chi connectivity index (χ3v) is 5.63. The lowest BCUT2D eigenvalue weighted by molar-refractivity contribution is -0.143. The van der Waals surface area contributed by atoms with Crippen LogP contribution in [-0.2, 0) is 19.1 Å². The topological polar surface area (TPSA) is 137 Å². The van der Waals surface area contributed by atoms with Gasteiger partial charge >= 0.3 is 6.09 Å². The van der Waals surface area contributed by atoms with E-state index < -0.39 is 77.9 Å². The molecule has 1 rings (SSSR count). The molecular formula is C25H42F2N4O6. The summed E-state index contributed by atoms with van der Waals surface area (Å²) in [5.74, 6) is -5.90. The molecule has 1 aliphatic heterocycles. The monoisotopic (exact) mass is 532 g/mol. The number of rotatable bonds is 10. The number of hydrogen-bond acceptors (Lipinski definition) is 6. The van der Waals surface area contributed by atoms with Gasteiger partial charge in [0.25, 0.3) is 11.8 Å². The summed E-state index contributed by atoms with van der Waals surface area (Å²) in [6.07, 6.45) is -1.39. The van der Waals surface area contributed by atoms with Crippen LogP contribution in [0.3, 0.4) is 0 Å². The summed E-state index contributed by atoms with van der Waals surface area (Å²) < 4.78 is 34.3. The van der Waals surface area contributed by atoms with Gasteiger partial charge in [0, 0.05) is 13.0 Å². The molecule has 0 saturated carbocycles. The zero-order valence-corrected chi connectivity index (χ0v) is 22.8. The highest BCUT2D eigenvalue weighted by molar-refractivity contribution is 5.93. The van der Waals surface area contributed by atoms with E-state index in [9.17, 15) is 33.1 Å². The highest BCUT2D eigenvalue weighted by Crippen LogP contribution is 2.34. The minimum atomic E-state index is -3.35. The minimum Gasteiger partial charge on any atom is -0.444 e. The number of nitrogens with zero attached hydrogens (tertiary/aromatic N) is 1. The number of nitrogens with one attached hydrogen (secondary N) is 3. The van der Waals surface area contributed by atoms with Gasteiger partial charge in [-0.3, -0.25) is 14.4 Å². The van der Waals surface area contributed by atoms with Crippen LogP contribution in [-0.4, -0.2) is 82.7 Å². The summed E-state index contributed by atoms with van der Waals surface area (Å²) in [5, 5.41) is 17.8. The molecule has 4 N–H and O–H groups in total. The molecule has 0 bridgehead atoms. The minimum absolute atomic E-state index is 0.0959. The summed E-state index contributed by atoms with van der Waals surface area (Å²) >= 11 is 0. The normalized spacial score (nSPS) is 19.8. The average Bonchev–Trinajstić information content (AvgIpc) is 3.08. The molecule has 37 heavy (non-hydrogen) atoms. The molecule has 0 aliphatic carbocycles. The molecule has 4 amide bonds. The highest BCUT2D eigenvalue weighted by atomic mass is 19.3. The van der Waals surface area contributed by atoms with E-state index in [2.05, 4.69) is 22.5 Å². The number of alkyl halides is 2. The Kier molecular flexibility index (Phi) is 11.0. The van der Waals surface area contributed by atoms with Gasteiger partial charge in [-0.25, -0.2) is 13.6 Å². The Morgan fingerprint density at radius 2 is 1.76 bits per heavy atom. The predicted octanol–water partition coefficient (Wildman–Crippen LogP) is 2.11. The largest absolute Gasteiger partial charge is 0.444 e. The lowest BCUT2D eigenvalue weighted by atomic mass is 9.85. The number of likely N-dealkylation sites (tertiary alicyclic amines) is 1. The van der Waals surface area contributed by atoms with Gasteiger partial charge in [-0.1, -0.05) is 40.2 Å². The van der Waals surface area contributed by atoms with Gasteiger partial charge in [0.2, 0.25) is 11.8 Å². The average molecular weight is 533 g/mol. The zero-order chi connectivity index (χ0) is 28.8. The molecule has 0 spiro atoms. The van der Waals surface area contributed by atoms with Crippen molar-refractivity contribution in [1.82, 2.24) is 20.9 Å². The fourth-order valence-electron chi connectivity index (χ4n) is 3.88. The fraction of sp³-hybridized carbons (Fsp3) is 0.760. The Balaban J connectivity index is 3.19. The van der Waals surface area contributed by atoms with Gasteiger partial charge in [-0.05, 0) is 32.6 Å². The van der Waals surface area contributed by atoms with E-state index in [1.807, 2.05) is 0 Å². The van der Waals surface area contributed by atoms with Crippen molar-refractivity contribution >= 4 is 23.8 Å². The van der Waals surface area contributed by atoms with Crippen LogP contribution in [0.15, 0.2) is 12.7 Å². The quantitative estimate of drug-likeness (QED) is 0.318. The Labute approximate surface area is 217 Å². The number of aliphatic hydroxyl groups is 1. The van der Waals surface area contributed by atoms with Crippen molar-refractivity contribution in [3.8, 4) is 0 Å². The third kappa shape index (κ3) is 9.90. The van der Waals surface area contributed by atoms with Crippen LogP contribution in [0.1, 0.15) is 67.7 Å². The van der Waals surface area contributed by atoms with Gasteiger partial charge in [-0.15, -0.1) is 6.58 Å². The van der Waals surface area contributed by atoms with Crippen LogP contribution in [0.4, 0.5) is 13.6 Å². The molecular weight excluding hydrogens is 490 g/mol. The van der Waals surface area contributed by atoms with Crippen molar-refractivity contribution < 1.29 is 37.8 Å². The van der Waals surface area contributed by atoms with E-state index in [4.69, 9.17) is 4.74 Å². The number of hydrogen-bond donors (Lipinski definition) is 4. The van der Waals surface area contributed by atoms with E-state index >= 15 is 0 Å². The molecule has 0 aromatic heterocycles. The molecule has 0 aromatic carbocycles. The molecule has 1 fully saturated rings. The van der Waals surface area contributed by atoms with E-state index in [0.717, 1.165) is 4.90 Å². The molecule has 1 aliphatic rings. The second kappa shape index (κ2) is 12.7. The number of halogens is 2. The molecule has 0 aromatic rings. The van der Waals surface area contributed by atoms with Crippen molar-refractivity contribution in [3.05, 3.63) is 12.7 Å². The van der Waals surface area contributed by atoms with E-state index in [-0.39, 0.29) is 13.0 Å². The molecule has 0 radical (unpaired) electrons. The maximum atomic E-state index is 14.5. The zero-order valence-electron chi connectivity index (χ0n) is 22.8. The van der Waals surface area contributed by atoms with Crippen molar-refractivity contribution in [3.63, 3.8) is 0 Å². The lowest BCUT2D eigenvalue weighted by Crippen LogP contribution is -2.59. The maximum absolute atomic E-state index is 14.5. The van der Waals surface area contributed by atoms with Gasteiger partial charge in [0.05, 0.1) is 12.6 Å². The first-order chi connectivity index (χ1) is 16.8. The number of amides is 4. The maximum Gasteiger partial charge on any atom is 0.408 e.